The molecule has 1 atom stereocenters. The number of nitrogens with zero attached hydrogens (tertiary/aromatic N) is 2. The number of pyridine rings is 1. The number of aromatic nitrogens is 1. The van der Waals surface area contributed by atoms with Crippen LogP contribution < -0.4 is 16.0 Å². The average molecular weight is 359 g/mol. The third-order valence-electron chi connectivity index (χ3n) is 3.52. The fourth-order valence-electron chi connectivity index (χ4n) is 2.19. The highest BCUT2D eigenvalue weighted by Crippen LogP contribution is 2.20. The summed E-state index contributed by atoms with van der Waals surface area (Å²) in [5.41, 5.74) is 0.563. The van der Waals surface area contributed by atoms with Crippen LogP contribution in [0.4, 0.5) is 0 Å². The van der Waals surface area contributed by atoms with E-state index in [2.05, 4.69) is 50.4 Å². The van der Waals surface area contributed by atoms with Crippen molar-refractivity contribution in [2.45, 2.75) is 19.8 Å². The van der Waals surface area contributed by atoms with Gasteiger partial charge < -0.3 is 16.0 Å². The quantitative estimate of drug-likeness (QED) is 0.384. The molecule has 2 aromatic heterocycles. The van der Waals surface area contributed by atoms with Crippen molar-refractivity contribution in [1.82, 2.24) is 20.9 Å². The van der Waals surface area contributed by atoms with Crippen LogP contribution in [0.25, 0.3) is 0 Å². The lowest BCUT2D eigenvalue weighted by Gasteiger charge is -2.13. The number of amides is 1. The molecule has 0 bridgehead atoms. The maximum absolute atomic E-state index is 11.9. The number of carbonyl (C=O) groups is 1. The van der Waals surface area contributed by atoms with E-state index in [1.54, 1.807) is 35.9 Å². The molecule has 0 aliphatic rings. The summed E-state index contributed by atoms with van der Waals surface area (Å²) in [7, 11) is 0. The Morgan fingerprint density at radius 1 is 1.24 bits per heavy atom. The summed E-state index contributed by atoms with van der Waals surface area (Å²) in [6.45, 7) is 6.83. The summed E-state index contributed by atoms with van der Waals surface area (Å²) >= 11 is 1.76. The summed E-state index contributed by atoms with van der Waals surface area (Å²) in [6, 6.07) is 7.69. The van der Waals surface area contributed by atoms with Crippen LogP contribution in [0.5, 0.6) is 0 Å². The third kappa shape index (κ3) is 6.54. The predicted molar refractivity (Wildman–Crippen MR) is 103 cm³/mol. The zero-order valence-electron chi connectivity index (χ0n) is 14.7. The molecule has 2 aromatic rings. The minimum atomic E-state index is -0.122. The molecule has 0 aromatic carbocycles. The summed E-state index contributed by atoms with van der Waals surface area (Å²) < 4.78 is 0. The lowest BCUT2D eigenvalue weighted by atomic mass is 10.1. The summed E-state index contributed by atoms with van der Waals surface area (Å²) in [4.78, 5) is 21.8. The number of hydrogen-bond acceptors (Lipinski definition) is 4. The van der Waals surface area contributed by atoms with Gasteiger partial charge in [0, 0.05) is 42.8 Å². The van der Waals surface area contributed by atoms with Crippen molar-refractivity contribution in [3.05, 3.63) is 52.5 Å². The first-order valence-corrected chi connectivity index (χ1v) is 9.32. The molecule has 3 N–H and O–H groups in total. The van der Waals surface area contributed by atoms with Gasteiger partial charge in [0.1, 0.15) is 0 Å². The Labute approximate surface area is 152 Å². The van der Waals surface area contributed by atoms with Gasteiger partial charge >= 0.3 is 0 Å². The molecular formula is C18H25N5OS. The van der Waals surface area contributed by atoms with E-state index in [0.29, 0.717) is 24.6 Å². The molecule has 1 amide bonds. The van der Waals surface area contributed by atoms with Crippen LogP contribution in [0.15, 0.2) is 47.0 Å². The number of thiophene rings is 1. The minimum Gasteiger partial charge on any atom is -0.357 e. The van der Waals surface area contributed by atoms with Crippen LogP contribution in [-0.4, -0.2) is 43.0 Å². The first-order valence-electron chi connectivity index (χ1n) is 8.44. The monoisotopic (exact) mass is 359 g/mol. The molecule has 0 saturated heterocycles. The molecule has 0 aliphatic heterocycles. The minimum absolute atomic E-state index is 0.122. The molecule has 0 spiro atoms. The second-order valence-electron chi connectivity index (χ2n) is 5.56. The van der Waals surface area contributed by atoms with E-state index < -0.39 is 0 Å². The molecule has 6 nitrogen and oxygen atoms in total. The fraction of sp³-hybridized carbons (Fsp3) is 0.389. The van der Waals surface area contributed by atoms with Crippen LogP contribution in [0.3, 0.4) is 0 Å². The number of hydrogen-bond donors (Lipinski definition) is 3. The van der Waals surface area contributed by atoms with E-state index in [-0.39, 0.29) is 5.91 Å². The highest BCUT2D eigenvalue weighted by Gasteiger charge is 2.07. The number of rotatable bonds is 8. The van der Waals surface area contributed by atoms with Gasteiger partial charge in [0.25, 0.3) is 5.91 Å². The van der Waals surface area contributed by atoms with Crippen molar-refractivity contribution in [2.24, 2.45) is 4.99 Å². The molecule has 7 heteroatoms. The van der Waals surface area contributed by atoms with E-state index in [0.717, 1.165) is 19.0 Å². The van der Waals surface area contributed by atoms with E-state index in [4.69, 9.17) is 0 Å². The standard InChI is InChI=1S/C18H25N5OS/c1-3-20-18(23-12-14(2)16-7-5-11-25-16)22-10-9-21-17(24)15-6-4-8-19-13-15/h4-8,11,13-14H,3,9-10,12H2,1-2H3,(H,21,24)(H2,20,22,23). The molecule has 0 radical (unpaired) electrons. The molecule has 0 saturated carbocycles. The second kappa shape index (κ2) is 10.5. The Hall–Kier alpha value is -2.41. The maximum atomic E-state index is 11.9. The molecule has 0 fully saturated rings. The van der Waals surface area contributed by atoms with Gasteiger partial charge in [0.15, 0.2) is 5.96 Å². The summed E-state index contributed by atoms with van der Waals surface area (Å²) in [6.07, 6.45) is 3.20. The Morgan fingerprint density at radius 2 is 2.08 bits per heavy atom. The summed E-state index contributed by atoms with van der Waals surface area (Å²) in [5, 5.41) is 11.4. The van der Waals surface area contributed by atoms with Crippen molar-refractivity contribution in [3.63, 3.8) is 0 Å². The Balaban J connectivity index is 1.75. The molecule has 25 heavy (non-hydrogen) atoms. The molecule has 2 rings (SSSR count). The zero-order chi connectivity index (χ0) is 17.9. The van der Waals surface area contributed by atoms with Crippen molar-refractivity contribution in [3.8, 4) is 0 Å². The largest absolute Gasteiger partial charge is 0.357 e. The molecule has 134 valence electrons. The highest BCUT2D eigenvalue weighted by molar-refractivity contribution is 7.10. The Morgan fingerprint density at radius 3 is 2.76 bits per heavy atom. The fourth-order valence-corrected chi connectivity index (χ4v) is 2.97. The molecule has 1 unspecified atom stereocenters. The lowest BCUT2D eigenvalue weighted by molar-refractivity contribution is 0.0954. The van der Waals surface area contributed by atoms with Gasteiger partial charge in [-0.15, -0.1) is 11.3 Å². The van der Waals surface area contributed by atoms with Crippen LogP contribution >= 0.6 is 11.3 Å². The van der Waals surface area contributed by atoms with Gasteiger partial charge in [-0.2, -0.15) is 0 Å². The van der Waals surface area contributed by atoms with Gasteiger partial charge in [-0.05, 0) is 30.5 Å². The molecular weight excluding hydrogens is 334 g/mol. The van der Waals surface area contributed by atoms with Crippen LogP contribution in [0.2, 0.25) is 0 Å². The van der Waals surface area contributed by atoms with Crippen molar-refractivity contribution in [2.75, 3.05) is 26.2 Å². The van der Waals surface area contributed by atoms with Crippen LogP contribution in [0, 0.1) is 0 Å². The number of carbonyl (C=O) groups excluding carboxylic acids is 1. The first-order chi connectivity index (χ1) is 12.2. The van der Waals surface area contributed by atoms with E-state index in [1.807, 2.05) is 6.92 Å². The van der Waals surface area contributed by atoms with E-state index >= 15 is 0 Å². The van der Waals surface area contributed by atoms with Crippen LogP contribution in [0.1, 0.15) is 35.0 Å². The molecule has 0 aliphatic carbocycles. The van der Waals surface area contributed by atoms with Gasteiger partial charge in [-0.25, -0.2) is 0 Å². The highest BCUT2D eigenvalue weighted by atomic mass is 32.1. The van der Waals surface area contributed by atoms with Gasteiger partial charge in [-0.3, -0.25) is 14.8 Å². The predicted octanol–water partition coefficient (Wildman–Crippen LogP) is 2.23. The summed E-state index contributed by atoms with van der Waals surface area (Å²) in [5.74, 6) is 1.03. The first kappa shape index (κ1) is 18.9. The third-order valence-corrected chi connectivity index (χ3v) is 4.63. The Bertz CT molecular complexity index is 657. The molecule has 2 heterocycles. The van der Waals surface area contributed by atoms with E-state index in [1.165, 1.54) is 4.88 Å². The van der Waals surface area contributed by atoms with Gasteiger partial charge in [0.2, 0.25) is 0 Å². The normalized spacial score (nSPS) is 12.5. The second-order valence-corrected chi connectivity index (χ2v) is 6.54. The van der Waals surface area contributed by atoms with Crippen molar-refractivity contribution < 1.29 is 4.79 Å². The van der Waals surface area contributed by atoms with Crippen molar-refractivity contribution >= 4 is 23.2 Å². The SMILES string of the molecule is CCNC(=NCC(C)c1cccs1)NCCNC(=O)c1cccnc1. The van der Waals surface area contributed by atoms with Crippen molar-refractivity contribution in [1.29, 1.82) is 0 Å². The maximum Gasteiger partial charge on any atom is 0.252 e. The van der Waals surface area contributed by atoms with Crippen LogP contribution in [-0.2, 0) is 0 Å². The topological polar surface area (TPSA) is 78.4 Å². The smallest absolute Gasteiger partial charge is 0.252 e. The van der Waals surface area contributed by atoms with Gasteiger partial charge in [0.05, 0.1) is 12.1 Å². The number of aliphatic imine (C=N–C) groups is 1. The lowest BCUT2D eigenvalue weighted by Crippen LogP contribution is -2.41. The van der Waals surface area contributed by atoms with E-state index in [9.17, 15) is 4.79 Å². The zero-order valence-corrected chi connectivity index (χ0v) is 15.5. The number of nitrogens with one attached hydrogen (secondary N) is 3. The van der Waals surface area contributed by atoms with Gasteiger partial charge in [-0.1, -0.05) is 13.0 Å². The Kier molecular flexibility index (Phi) is 7.91. The number of guanidine groups is 1. The average Bonchev–Trinajstić information content (AvgIpc) is 3.18.